The minimum Gasteiger partial charge on any atom is -0.396 e. The fourth-order valence-corrected chi connectivity index (χ4v) is 2.17. The summed E-state index contributed by atoms with van der Waals surface area (Å²) in [6, 6.07) is 17.8. The predicted molar refractivity (Wildman–Crippen MR) is 81.8 cm³/mol. The molecule has 0 spiro atoms. The average Bonchev–Trinajstić information content (AvgIpc) is 2.49. The number of aliphatic hydroxyl groups is 1. The molecule has 0 amide bonds. The molecular formula is C17H19ClO2. The van der Waals surface area contributed by atoms with Crippen LogP contribution in [0.1, 0.15) is 11.1 Å². The standard InChI is InChI=1S/C17H19ClO2/c18-17-8-6-14(7-9-17)10-16(11-19)13-20-12-15-4-2-1-3-5-15/h1-9,16,19H,10-13H2. The monoisotopic (exact) mass is 290 g/mol. The van der Waals surface area contributed by atoms with Gasteiger partial charge in [0.2, 0.25) is 0 Å². The molecule has 0 bridgehead atoms. The van der Waals surface area contributed by atoms with Gasteiger partial charge in [-0.2, -0.15) is 0 Å². The molecule has 2 aromatic rings. The van der Waals surface area contributed by atoms with Crippen LogP contribution >= 0.6 is 11.6 Å². The van der Waals surface area contributed by atoms with Gasteiger partial charge in [-0.3, -0.25) is 0 Å². The SMILES string of the molecule is OCC(COCc1ccccc1)Cc1ccc(Cl)cc1. The fourth-order valence-electron chi connectivity index (χ4n) is 2.05. The number of rotatable bonds is 7. The number of hydrogen-bond acceptors (Lipinski definition) is 2. The summed E-state index contributed by atoms with van der Waals surface area (Å²) >= 11 is 5.86. The largest absolute Gasteiger partial charge is 0.396 e. The highest BCUT2D eigenvalue weighted by Gasteiger charge is 2.09. The third kappa shape index (κ3) is 4.97. The molecule has 2 nitrogen and oxygen atoms in total. The van der Waals surface area contributed by atoms with Crippen LogP contribution in [0, 0.1) is 5.92 Å². The lowest BCUT2D eigenvalue weighted by Gasteiger charge is -2.14. The van der Waals surface area contributed by atoms with Crippen LogP contribution < -0.4 is 0 Å². The minimum atomic E-state index is 0.111. The summed E-state index contributed by atoms with van der Waals surface area (Å²) in [4.78, 5) is 0. The van der Waals surface area contributed by atoms with E-state index in [2.05, 4.69) is 0 Å². The lowest BCUT2D eigenvalue weighted by atomic mass is 10.0. The van der Waals surface area contributed by atoms with Gasteiger partial charge in [-0.25, -0.2) is 0 Å². The first-order valence-electron chi connectivity index (χ1n) is 6.75. The van der Waals surface area contributed by atoms with Crippen molar-refractivity contribution in [1.29, 1.82) is 0 Å². The lowest BCUT2D eigenvalue weighted by Crippen LogP contribution is -2.16. The topological polar surface area (TPSA) is 29.5 Å². The van der Waals surface area contributed by atoms with Crippen molar-refractivity contribution in [3.63, 3.8) is 0 Å². The molecule has 1 atom stereocenters. The second-order valence-electron chi connectivity index (χ2n) is 4.88. The van der Waals surface area contributed by atoms with Crippen molar-refractivity contribution in [3.8, 4) is 0 Å². The Labute approximate surface area is 125 Å². The Morgan fingerprint density at radius 3 is 2.30 bits per heavy atom. The Hall–Kier alpha value is -1.35. The molecule has 0 heterocycles. The van der Waals surface area contributed by atoms with Crippen molar-refractivity contribution in [2.45, 2.75) is 13.0 Å². The van der Waals surface area contributed by atoms with Crippen molar-refractivity contribution in [3.05, 3.63) is 70.7 Å². The van der Waals surface area contributed by atoms with Crippen molar-refractivity contribution >= 4 is 11.6 Å². The maximum atomic E-state index is 9.43. The van der Waals surface area contributed by atoms with Crippen LogP contribution in [0.4, 0.5) is 0 Å². The van der Waals surface area contributed by atoms with Gasteiger partial charge in [0, 0.05) is 17.5 Å². The maximum Gasteiger partial charge on any atom is 0.0717 e. The number of benzene rings is 2. The maximum absolute atomic E-state index is 9.43. The van der Waals surface area contributed by atoms with E-state index in [1.54, 1.807) is 0 Å². The van der Waals surface area contributed by atoms with E-state index in [1.165, 1.54) is 0 Å². The Morgan fingerprint density at radius 2 is 1.65 bits per heavy atom. The van der Waals surface area contributed by atoms with E-state index in [0.717, 1.165) is 22.6 Å². The summed E-state index contributed by atoms with van der Waals surface area (Å²) < 4.78 is 5.68. The van der Waals surface area contributed by atoms with Gasteiger partial charge < -0.3 is 9.84 Å². The van der Waals surface area contributed by atoms with E-state index in [9.17, 15) is 5.11 Å². The molecule has 0 aromatic heterocycles. The number of halogens is 1. The molecule has 0 radical (unpaired) electrons. The molecule has 0 aliphatic carbocycles. The molecular weight excluding hydrogens is 272 g/mol. The molecule has 1 unspecified atom stereocenters. The average molecular weight is 291 g/mol. The van der Waals surface area contributed by atoms with Crippen LogP contribution in [-0.2, 0) is 17.8 Å². The van der Waals surface area contributed by atoms with Gasteiger partial charge in [0.1, 0.15) is 0 Å². The highest BCUT2D eigenvalue weighted by molar-refractivity contribution is 6.30. The Bertz CT molecular complexity index is 496. The summed E-state index contributed by atoms with van der Waals surface area (Å²) in [5, 5.41) is 10.2. The van der Waals surface area contributed by atoms with Crippen LogP contribution in [0.15, 0.2) is 54.6 Å². The normalized spacial score (nSPS) is 12.3. The number of hydrogen-bond donors (Lipinski definition) is 1. The summed E-state index contributed by atoms with van der Waals surface area (Å²) in [5.74, 6) is 0.111. The van der Waals surface area contributed by atoms with E-state index in [-0.39, 0.29) is 12.5 Å². The first-order chi connectivity index (χ1) is 9.78. The fraction of sp³-hybridized carbons (Fsp3) is 0.294. The zero-order chi connectivity index (χ0) is 14.2. The Balaban J connectivity index is 1.79. The Morgan fingerprint density at radius 1 is 0.950 bits per heavy atom. The molecule has 106 valence electrons. The van der Waals surface area contributed by atoms with Crippen molar-refractivity contribution in [2.75, 3.05) is 13.2 Å². The van der Waals surface area contributed by atoms with Crippen LogP contribution in [-0.4, -0.2) is 18.3 Å². The highest BCUT2D eigenvalue weighted by Crippen LogP contribution is 2.14. The third-order valence-electron chi connectivity index (χ3n) is 3.16. The molecule has 20 heavy (non-hydrogen) atoms. The summed E-state index contributed by atoms with van der Waals surface area (Å²) in [6.07, 6.45) is 0.794. The number of aliphatic hydroxyl groups excluding tert-OH is 1. The van der Waals surface area contributed by atoms with E-state index >= 15 is 0 Å². The van der Waals surface area contributed by atoms with Crippen LogP contribution in [0.25, 0.3) is 0 Å². The van der Waals surface area contributed by atoms with E-state index < -0.39 is 0 Å². The van der Waals surface area contributed by atoms with Gasteiger partial charge in [0.25, 0.3) is 0 Å². The molecule has 0 saturated carbocycles. The Kier molecular flexibility index (Phi) is 6.06. The van der Waals surface area contributed by atoms with Crippen molar-refractivity contribution in [1.82, 2.24) is 0 Å². The third-order valence-corrected chi connectivity index (χ3v) is 3.41. The van der Waals surface area contributed by atoms with Gasteiger partial charge in [-0.1, -0.05) is 54.1 Å². The van der Waals surface area contributed by atoms with Gasteiger partial charge in [-0.15, -0.1) is 0 Å². The van der Waals surface area contributed by atoms with Crippen LogP contribution in [0.5, 0.6) is 0 Å². The van der Waals surface area contributed by atoms with Crippen LogP contribution in [0.3, 0.4) is 0 Å². The summed E-state index contributed by atoms with van der Waals surface area (Å²) in [6.45, 7) is 1.25. The van der Waals surface area contributed by atoms with Gasteiger partial charge in [0.15, 0.2) is 0 Å². The molecule has 0 fully saturated rings. The van der Waals surface area contributed by atoms with Crippen LogP contribution in [0.2, 0.25) is 5.02 Å². The number of ether oxygens (including phenoxy) is 1. The van der Waals surface area contributed by atoms with Crippen molar-refractivity contribution in [2.24, 2.45) is 5.92 Å². The van der Waals surface area contributed by atoms with E-state index in [0.29, 0.717) is 13.2 Å². The molecule has 0 aliphatic heterocycles. The van der Waals surface area contributed by atoms with Crippen molar-refractivity contribution < 1.29 is 9.84 Å². The zero-order valence-electron chi connectivity index (χ0n) is 11.3. The predicted octanol–water partition coefficient (Wildman–Crippen LogP) is 3.71. The lowest BCUT2D eigenvalue weighted by molar-refractivity contribution is 0.0630. The quantitative estimate of drug-likeness (QED) is 0.842. The first kappa shape index (κ1) is 15.0. The van der Waals surface area contributed by atoms with Gasteiger partial charge >= 0.3 is 0 Å². The van der Waals surface area contributed by atoms with Gasteiger partial charge in [0.05, 0.1) is 13.2 Å². The molecule has 0 saturated heterocycles. The summed E-state index contributed by atoms with van der Waals surface area (Å²) in [5.41, 5.74) is 2.31. The smallest absolute Gasteiger partial charge is 0.0717 e. The first-order valence-corrected chi connectivity index (χ1v) is 7.12. The van der Waals surface area contributed by atoms with E-state index in [4.69, 9.17) is 16.3 Å². The highest BCUT2D eigenvalue weighted by atomic mass is 35.5. The molecule has 2 aromatic carbocycles. The summed E-state index contributed by atoms with van der Waals surface area (Å²) in [7, 11) is 0. The zero-order valence-corrected chi connectivity index (χ0v) is 12.1. The second kappa shape index (κ2) is 8.05. The molecule has 3 heteroatoms. The molecule has 1 N–H and O–H groups in total. The van der Waals surface area contributed by atoms with Gasteiger partial charge in [-0.05, 0) is 29.7 Å². The minimum absolute atomic E-state index is 0.111. The molecule has 0 aliphatic rings. The second-order valence-corrected chi connectivity index (χ2v) is 5.32. The molecule has 2 rings (SSSR count). The van der Waals surface area contributed by atoms with E-state index in [1.807, 2.05) is 54.6 Å².